The van der Waals surface area contributed by atoms with Gasteiger partial charge in [-0.15, -0.1) is 5.10 Å². The Morgan fingerprint density at radius 3 is 2.64 bits per heavy atom. The van der Waals surface area contributed by atoms with Crippen molar-refractivity contribution in [3.8, 4) is 0 Å². The predicted molar refractivity (Wildman–Crippen MR) is 135 cm³/mol. The number of hydrogen-bond acceptors (Lipinski definition) is 9. The number of primary amides is 1. The van der Waals surface area contributed by atoms with Crippen LogP contribution in [-0.4, -0.2) is 108 Å². The molecule has 1 aliphatic rings. The molecule has 1 saturated heterocycles. The van der Waals surface area contributed by atoms with Gasteiger partial charge < -0.3 is 36.1 Å². The Morgan fingerprint density at radius 2 is 1.87 bits per heavy atom. The molecule has 2 aromatic rings. The van der Waals surface area contributed by atoms with Crippen LogP contribution in [0.3, 0.4) is 0 Å². The van der Waals surface area contributed by atoms with Gasteiger partial charge in [-0.1, -0.05) is 23.4 Å². The summed E-state index contributed by atoms with van der Waals surface area (Å²) in [4.78, 5) is 63.3. The fraction of sp³-hybridized carbons (Fsp3) is 0.458. The molecule has 1 aromatic heterocycles. The van der Waals surface area contributed by atoms with E-state index in [1.54, 1.807) is 30.3 Å². The van der Waals surface area contributed by atoms with Crippen LogP contribution in [0.25, 0.3) is 0 Å². The molecule has 3 rings (SSSR count). The summed E-state index contributed by atoms with van der Waals surface area (Å²) >= 11 is 0. The molecule has 1 fully saturated rings. The molecule has 0 spiro atoms. The lowest BCUT2D eigenvalue weighted by Crippen LogP contribution is -2.52. The molecule has 1 aliphatic heterocycles. The van der Waals surface area contributed by atoms with Gasteiger partial charge in [-0.25, -0.2) is 4.68 Å². The summed E-state index contributed by atoms with van der Waals surface area (Å²) in [5.41, 5.74) is 5.98. The Labute approximate surface area is 224 Å². The van der Waals surface area contributed by atoms with Crippen molar-refractivity contribution in [2.75, 3.05) is 52.6 Å². The normalized spacial score (nSPS) is 17.9. The Bertz CT molecular complexity index is 1140. The molecule has 15 nitrogen and oxygen atoms in total. The van der Waals surface area contributed by atoms with Crippen molar-refractivity contribution in [3.05, 3.63) is 47.8 Å². The smallest absolute Gasteiger partial charge is 0.251 e. The van der Waals surface area contributed by atoms with Crippen LogP contribution in [0.5, 0.6) is 0 Å². The van der Waals surface area contributed by atoms with Crippen LogP contribution < -0.4 is 21.7 Å². The summed E-state index contributed by atoms with van der Waals surface area (Å²) in [5.74, 6) is -2.49. The molecular formula is C24H32N8O7. The van der Waals surface area contributed by atoms with Crippen LogP contribution in [0, 0.1) is 0 Å². The number of nitrogens with one attached hydrogen (secondary N) is 3. The first-order valence-corrected chi connectivity index (χ1v) is 12.3. The molecule has 0 radical (unpaired) electrons. The molecule has 5 N–H and O–H groups in total. The third kappa shape index (κ3) is 10.1. The van der Waals surface area contributed by atoms with Gasteiger partial charge in [0.15, 0.2) is 0 Å². The molecule has 0 aliphatic carbocycles. The van der Waals surface area contributed by atoms with Crippen molar-refractivity contribution in [3.63, 3.8) is 0 Å². The largest absolute Gasteiger partial charge is 0.377 e. The lowest BCUT2D eigenvalue weighted by molar-refractivity contribution is -0.140. The molecule has 210 valence electrons. The highest BCUT2D eigenvalue weighted by Gasteiger charge is 2.25. The average Bonchev–Trinajstić information content (AvgIpc) is 3.34. The second kappa shape index (κ2) is 15.1. The Hall–Kier alpha value is -4.37. The maximum atomic E-state index is 13.0. The number of carbonyl (C=O) groups excluding carboxylic acids is 5. The molecule has 0 saturated carbocycles. The summed E-state index contributed by atoms with van der Waals surface area (Å²) in [6, 6.07) is 7.53. The maximum absolute atomic E-state index is 13.0. The fourth-order valence-corrected chi connectivity index (χ4v) is 3.63. The second-order valence-electron chi connectivity index (χ2n) is 8.59. The van der Waals surface area contributed by atoms with Crippen molar-refractivity contribution >= 4 is 29.5 Å². The second-order valence-corrected chi connectivity index (χ2v) is 8.59. The minimum absolute atomic E-state index is 0.0264. The van der Waals surface area contributed by atoms with E-state index in [0.29, 0.717) is 11.3 Å². The minimum atomic E-state index is -1.05. The number of nitrogens with zero attached hydrogens (tertiary/aromatic N) is 4. The van der Waals surface area contributed by atoms with Gasteiger partial charge in [0.1, 0.15) is 19.2 Å². The standard InChI is InChI=1S/C24H32N8O7/c25-20(33)14-32-13-18(29-30-32)12-19-24(37)27-7-9-38-10-11-39-16-22(35)31(15-21(34)28-19)8-6-26-23(36)17-4-2-1-3-5-17/h1-5,13,19H,6-12,14-16H2,(H2,25,33)(H,26,36)(H,27,37)(H,28,34)/t19-/m1/s1. The number of nitrogens with two attached hydrogens (primary N) is 1. The fourth-order valence-electron chi connectivity index (χ4n) is 3.63. The highest BCUT2D eigenvalue weighted by Crippen LogP contribution is 2.02. The van der Waals surface area contributed by atoms with Crippen molar-refractivity contribution in [1.82, 2.24) is 35.8 Å². The molecule has 0 unspecified atom stereocenters. The topological polar surface area (TPSA) is 200 Å². The van der Waals surface area contributed by atoms with E-state index in [0.717, 1.165) is 0 Å². The number of amides is 5. The molecular weight excluding hydrogens is 512 g/mol. The summed E-state index contributed by atoms with van der Waals surface area (Å²) < 4.78 is 12.0. The van der Waals surface area contributed by atoms with Gasteiger partial charge in [-0.2, -0.15) is 0 Å². The van der Waals surface area contributed by atoms with E-state index in [2.05, 4.69) is 26.3 Å². The Morgan fingerprint density at radius 1 is 1.10 bits per heavy atom. The van der Waals surface area contributed by atoms with E-state index in [-0.39, 0.29) is 71.5 Å². The minimum Gasteiger partial charge on any atom is -0.377 e. The first kappa shape index (κ1) is 29.2. The lowest BCUT2D eigenvalue weighted by Gasteiger charge is -2.24. The monoisotopic (exact) mass is 544 g/mol. The van der Waals surface area contributed by atoms with Crippen LogP contribution in [0.4, 0.5) is 0 Å². The number of benzene rings is 1. The quantitative estimate of drug-likeness (QED) is 0.271. The van der Waals surface area contributed by atoms with Crippen LogP contribution >= 0.6 is 0 Å². The zero-order valence-electron chi connectivity index (χ0n) is 21.3. The summed E-state index contributed by atoms with van der Waals surface area (Å²) in [6.07, 6.45) is 1.42. The first-order chi connectivity index (χ1) is 18.8. The predicted octanol–water partition coefficient (Wildman–Crippen LogP) is -2.79. The number of carbonyl (C=O) groups is 5. The SMILES string of the molecule is NC(=O)Cn1cc(C[C@H]2NC(=O)CN(CCNC(=O)c3ccccc3)C(=O)COCCOCCNC2=O)nn1. The number of aromatic nitrogens is 3. The first-order valence-electron chi connectivity index (χ1n) is 12.3. The van der Waals surface area contributed by atoms with E-state index >= 15 is 0 Å². The average molecular weight is 545 g/mol. The van der Waals surface area contributed by atoms with Gasteiger partial charge in [0.25, 0.3) is 5.91 Å². The summed E-state index contributed by atoms with van der Waals surface area (Å²) in [7, 11) is 0. The molecule has 2 heterocycles. The van der Waals surface area contributed by atoms with E-state index < -0.39 is 29.7 Å². The molecule has 0 bridgehead atoms. The molecule has 15 heteroatoms. The van der Waals surface area contributed by atoms with Crippen LogP contribution in [0.1, 0.15) is 16.1 Å². The van der Waals surface area contributed by atoms with Crippen molar-refractivity contribution in [2.24, 2.45) is 5.73 Å². The van der Waals surface area contributed by atoms with E-state index in [9.17, 15) is 24.0 Å². The molecule has 5 amide bonds. The van der Waals surface area contributed by atoms with Gasteiger partial charge in [-0.3, -0.25) is 24.0 Å². The van der Waals surface area contributed by atoms with Crippen molar-refractivity contribution in [1.29, 1.82) is 0 Å². The third-order valence-corrected chi connectivity index (χ3v) is 5.50. The van der Waals surface area contributed by atoms with Gasteiger partial charge in [0, 0.05) is 37.8 Å². The number of ether oxygens (including phenoxy) is 2. The van der Waals surface area contributed by atoms with Crippen LogP contribution in [0.2, 0.25) is 0 Å². The zero-order chi connectivity index (χ0) is 28.0. The number of rotatable bonds is 8. The summed E-state index contributed by atoms with van der Waals surface area (Å²) in [6.45, 7) is 0.00946. The summed E-state index contributed by atoms with van der Waals surface area (Å²) in [5, 5.41) is 15.8. The van der Waals surface area contributed by atoms with Gasteiger partial charge >= 0.3 is 0 Å². The van der Waals surface area contributed by atoms with Crippen molar-refractivity contribution < 1.29 is 33.4 Å². The van der Waals surface area contributed by atoms with Crippen LogP contribution in [-0.2, 0) is 41.6 Å². The van der Waals surface area contributed by atoms with E-state index in [1.807, 2.05) is 0 Å². The zero-order valence-corrected chi connectivity index (χ0v) is 21.3. The highest BCUT2D eigenvalue weighted by atomic mass is 16.5. The van der Waals surface area contributed by atoms with Crippen LogP contribution in [0.15, 0.2) is 36.5 Å². The number of hydrogen-bond donors (Lipinski definition) is 4. The molecule has 1 atom stereocenters. The Balaban J connectivity index is 1.67. The van der Waals surface area contributed by atoms with Gasteiger partial charge in [0.2, 0.25) is 23.6 Å². The highest BCUT2D eigenvalue weighted by molar-refractivity contribution is 5.94. The van der Waals surface area contributed by atoms with E-state index in [4.69, 9.17) is 15.2 Å². The van der Waals surface area contributed by atoms with Gasteiger partial charge in [0.05, 0.1) is 32.1 Å². The Kier molecular flexibility index (Phi) is 11.3. The lowest BCUT2D eigenvalue weighted by atomic mass is 10.1. The molecule has 39 heavy (non-hydrogen) atoms. The third-order valence-electron chi connectivity index (χ3n) is 5.50. The van der Waals surface area contributed by atoms with E-state index in [1.165, 1.54) is 15.8 Å². The maximum Gasteiger partial charge on any atom is 0.251 e. The molecule has 1 aromatic carbocycles. The van der Waals surface area contributed by atoms with Crippen molar-refractivity contribution in [2.45, 2.75) is 19.0 Å². The van der Waals surface area contributed by atoms with Gasteiger partial charge in [-0.05, 0) is 12.1 Å².